The van der Waals surface area contributed by atoms with Crippen LogP contribution in [0.15, 0.2) is 5.38 Å². The Labute approximate surface area is 147 Å². The molecule has 6 nitrogen and oxygen atoms in total. The lowest BCUT2D eigenvalue weighted by Gasteiger charge is -2.16. The number of likely N-dealkylation sites (N-methyl/N-ethyl adjacent to an activating group) is 1. The molecule has 134 valence electrons. The van der Waals surface area contributed by atoms with E-state index in [1.54, 1.807) is 14.0 Å². The highest BCUT2D eigenvalue weighted by molar-refractivity contribution is 7.15. The Morgan fingerprint density at radius 3 is 2.79 bits per heavy atom. The maximum atomic E-state index is 12.3. The number of carbonyl (C=O) groups excluding carboxylic acids is 2. The summed E-state index contributed by atoms with van der Waals surface area (Å²) >= 11 is 1.40. The summed E-state index contributed by atoms with van der Waals surface area (Å²) in [5, 5.41) is 5.46. The van der Waals surface area contributed by atoms with Gasteiger partial charge in [-0.2, -0.15) is 0 Å². The number of amides is 1. The van der Waals surface area contributed by atoms with E-state index in [-0.39, 0.29) is 18.4 Å². The van der Waals surface area contributed by atoms with Crippen molar-refractivity contribution in [3.8, 4) is 0 Å². The van der Waals surface area contributed by atoms with E-state index < -0.39 is 0 Å². The van der Waals surface area contributed by atoms with Crippen LogP contribution in [0.5, 0.6) is 0 Å². The summed E-state index contributed by atoms with van der Waals surface area (Å²) in [6.07, 6.45) is 3.07. The minimum atomic E-state index is -0.343. The van der Waals surface area contributed by atoms with E-state index in [0.29, 0.717) is 29.7 Å². The maximum Gasteiger partial charge on any atom is 0.341 e. The van der Waals surface area contributed by atoms with Crippen LogP contribution in [0.2, 0.25) is 0 Å². The van der Waals surface area contributed by atoms with E-state index >= 15 is 0 Å². The SMILES string of the molecule is CCOC(=O)c1c(C2CC2)csc1NC(=O)CN(C)CCCOC. The van der Waals surface area contributed by atoms with Crippen molar-refractivity contribution in [3.63, 3.8) is 0 Å². The third-order valence-electron chi connectivity index (χ3n) is 3.87. The molecule has 1 N–H and O–H groups in total. The summed E-state index contributed by atoms with van der Waals surface area (Å²) in [5.74, 6) is -0.0305. The van der Waals surface area contributed by atoms with Gasteiger partial charge >= 0.3 is 5.97 Å². The summed E-state index contributed by atoms with van der Waals surface area (Å²) in [6.45, 7) is 3.85. The monoisotopic (exact) mass is 354 g/mol. The molecule has 0 unspecified atom stereocenters. The second-order valence-corrected chi connectivity index (χ2v) is 6.90. The number of rotatable bonds is 10. The minimum absolute atomic E-state index is 0.121. The van der Waals surface area contributed by atoms with Gasteiger partial charge in [-0.05, 0) is 50.1 Å². The fraction of sp³-hybridized carbons (Fsp3) is 0.647. The second-order valence-electron chi connectivity index (χ2n) is 6.02. The number of thiophene rings is 1. The average Bonchev–Trinajstić information content (AvgIpc) is 3.29. The third kappa shape index (κ3) is 5.29. The zero-order valence-corrected chi connectivity index (χ0v) is 15.4. The van der Waals surface area contributed by atoms with Crippen LogP contribution in [0.3, 0.4) is 0 Å². The van der Waals surface area contributed by atoms with Crippen molar-refractivity contribution in [1.82, 2.24) is 4.90 Å². The topological polar surface area (TPSA) is 67.9 Å². The first-order valence-corrected chi connectivity index (χ1v) is 9.20. The Morgan fingerprint density at radius 2 is 2.17 bits per heavy atom. The Balaban J connectivity index is 1.98. The standard InChI is InChI=1S/C17H26N2O4S/c1-4-23-17(21)15-13(12-6-7-12)11-24-16(15)18-14(20)10-19(2)8-5-9-22-3/h11-12H,4-10H2,1-3H3,(H,18,20). The van der Waals surface area contributed by atoms with Crippen molar-refractivity contribution >= 4 is 28.2 Å². The van der Waals surface area contributed by atoms with Gasteiger partial charge in [-0.25, -0.2) is 4.79 Å². The minimum Gasteiger partial charge on any atom is -0.462 e. The molecule has 2 rings (SSSR count). The molecular weight excluding hydrogens is 328 g/mol. The molecule has 0 spiro atoms. The number of carbonyl (C=O) groups is 2. The molecule has 0 aliphatic heterocycles. The van der Waals surface area contributed by atoms with E-state index in [4.69, 9.17) is 9.47 Å². The van der Waals surface area contributed by atoms with Crippen molar-refractivity contribution < 1.29 is 19.1 Å². The van der Waals surface area contributed by atoms with Crippen LogP contribution < -0.4 is 5.32 Å². The van der Waals surface area contributed by atoms with Crippen molar-refractivity contribution in [1.29, 1.82) is 0 Å². The molecule has 0 bridgehead atoms. The van der Waals surface area contributed by atoms with E-state index in [1.807, 2.05) is 17.3 Å². The summed E-state index contributed by atoms with van der Waals surface area (Å²) < 4.78 is 10.2. The van der Waals surface area contributed by atoms with Crippen molar-refractivity contribution in [2.75, 3.05) is 45.8 Å². The van der Waals surface area contributed by atoms with Gasteiger partial charge in [0.05, 0.1) is 18.7 Å². The highest BCUT2D eigenvalue weighted by atomic mass is 32.1. The van der Waals surface area contributed by atoms with Crippen molar-refractivity contribution in [2.24, 2.45) is 0 Å². The lowest BCUT2D eigenvalue weighted by Crippen LogP contribution is -2.31. The predicted octanol–water partition coefficient (Wildman–Crippen LogP) is 2.71. The van der Waals surface area contributed by atoms with Crippen LogP contribution in [0.25, 0.3) is 0 Å². The lowest BCUT2D eigenvalue weighted by molar-refractivity contribution is -0.117. The molecule has 1 heterocycles. The van der Waals surface area contributed by atoms with Gasteiger partial charge in [0.1, 0.15) is 5.00 Å². The third-order valence-corrected chi connectivity index (χ3v) is 4.78. The average molecular weight is 354 g/mol. The smallest absolute Gasteiger partial charge is 0.341 e. The van der Waals surface area contributed by atoms with Crippen molar-refractivity contribution in [2.45, 2.75) is 32.1 Å². The van der Waals surface area contributed by atoms with Gasteiger partial charge in [-0.1, -0.05) is 0 Å². The molecule has 1 saturated carbocycles. The molecule has 7 heteroatoms. The zero-order chi connectivity index (χ0) is 17.5. The van der Waals surface area contributed by atoms with E-state index in [0.717, 1.165) is 31.4 Å². The van der Waals surface area contributed by atoms with Crippen LogP contribution >= 0.6 is 11.3 Å². The summed E-state index contributed by atoms with van der Waals surface area (Å²) in [6, 6.07) is 0. The molecule has 1 aliphatic carbocycles. The lowest BCUT2D eigenvalue weighted by atomic mass is 10.1. The fourth-order valence-electron chi connectivity index (χ4n) is 2.54. The molecule has 1 amide bonds. The van der Waals surface area contributed by atoms with Gasteiger partial charge in [0, 0.05) is 20.3 Å². The van der Waals surface area contributed by atoms with Gasteiger partial charge in [-0.15, -0.1) is 11.3 Å². The molecule has 0 aromatic carbocycles. The highest BCUT2D eigenvalue weighted by Gasteiger charge is 2.32. The number of hydrogen-bond acceptors (Lipinski definition) is 6. The van der Waals surface area contributed by atoms with Gasteiger partial charge in [0.25, 0.3) is 0 Å². The Hall–Kier alpha value is -1.44. The molecule has 0 atom stereocenters. The van der Waals surface area contributed by atoms with Gasteiger partial charge in [-0.3, -0.25) is 9.69 Å². The molecule has 1 aromatic rings. The fourth-order valence-corrected chi connectivity index (χ4v) is 3.59. The first kappa shape index (κ1) is 18.9. The molecule has 1 fully saturated rings. The number of ether oxygens (including phenoxy) is 2. The summed E-state index contributed by atoms with van der Waals surface area (Å²) in [5.41, 5.74) is 1.56. The number of nitrogens with one attached hydrogen (secondary N) is 1. The summed E-state index contributed by atoms with van der Waals surface area (Å²) in [7, 11) is 3.56. The zero-order valence-electron chi connectivity index (χ0n) is 14.6. The second kappa shape index (κ2) is 9.15. The molecular formula is C17H26N2O4S. The van der Waals surface area contributed by atoms with Gasteiger partial charge in [0.2, 0.25) is 5.91 Å². The van der Waals surface area contributed by atoms with Crippen LogP contribution in [-0.4, -0.2) is 57.2 Å². The molecule has 0 saturated heterocycles. The van der Waals surface area contributed by atoms with E-state index in [2.05, 4.69) is 5.32 Å². The molecule has 24 heavy (non-hydrogen) atoms. The van der Waals surface area contributed by atoms with Crippen LogP contribution in [0.4, 0.5) is 5.00 Å². The molecule has 1 aliphatic rings. The number of methoxy groups -OCH3 is 1. The maximum absolute atomic E-state index is 12.3. The number of anilines is 1. The van der Waals surface area contributed by atoms with Crippen LogP contribution in [0, 0.1) is 0 Å². The Morgan fingerprint density at radius 1 is 1.42 bits per heavy atom. The number of hydrogen-bond donors (Lipinski definition) is 1. The van der Waals surface area contributed by atoms with E-state index in [9.17, 15) is 9.59 Å². The van der Waals surface area contributed by atoms with Gasteiger partial charge in [0.15, 0.2) is 0 Å². The number of nitrogens with zero attached hydrogens (tertiary/aromatic N) is 1. The Bertz CT molecular complexity index is 569. The Kier molecular flexibility index (Phi) is 7.20. The largest absolute Gasteiger partial charge is 0.462 e. The normalized spacial score (nSPS) is 14.0. The molecule has 0 radical (unpaired) electrons. The molecule has 1 aromatic heterocycles. The van der Waals surface area contributed by atoms with Crippen molar-refractivity contribution in [3.05, 3.63) is 16.5 Å². The van der Waals surface area contributed by atoms with E-state index in [1.165, 1.54) is 11.3 Å². The first-order valence-electron chi connectivity index (χ1n) is 8.32. The quantitative estimate of drug-likeness (QED) is 0.517. The van der Waals surface area contributed by atoms with Crippen LogP contribution in [-0.2, 0) is 14.3 Å². The predicted molar refractivity (Wildman–Crippen MR) is 94.9 cm³/mol. The highest BCUT2D eigenvalue weighted by Crippen LogP contribution is 2.46. The van der Waals surface area contributed by atoms with Gasteiger partial charge < -0.3 is 14.8 Å². The summed E-state index contributed by atoms with van der Waals surface area (Å²) in [4.78, 5) is 26.5. The van der Waals surface area contributed by atoms with Crippen LogP contribution in [0.1, 0.15) is 48.0 Å². The first-order chi connectivity index (χ1) is 11.6. The number of esters is 1.